The van der Waals surface area contributed by atoms with Crippen molar-refractivity contribution in [1.82, 2.24) is 15.3 Å². The molecule has 1 amide bonds. The molecule has 2 aliphatic rings. The second-order valence-electron chi connectivity index (χ2n) is 6.93. The van der Waals surface area contributed by atoms with Gasteiger partial charge in [0, 0.05) is 18.7 Å². The fourth-order valence-electron chi connectivity index (χ4n) is 3.59. The van der Waals surface area contributed by atoms with E-state index in [0.29, 0.717) is 17.6 Å². The van der Waals surface area contributed by atoms with Crippen LogP contribution in [0.1, 0.15) is 74.1 Å². The van der Waals surface area contributed by atoms with Gasteiger partial charge in [0.2, 0.25) is 0 Å². The van der Waals surface area contributed by atoms with Gasteiger partial charge in [-0.2, -0.15) is 0 Å². The summed E-state index contributed by atoms with van der Waals surface area (Å²) in [5.74, 6) is 1.30. The topological polar surface area (TPSA) is 66.9 Å². The highest BCUT2D eigenvalue weighted by Crippen LogP contribution is 2.20. The average molecular weight is 328 g/mol. The van der Waals surface area contributed by atoms with Gasteiger partial charge in [-0.1, -0.05) is 24.5 Å². The second kappa shape index (κ2) is 8.27. The lowest BCUT2D eigenvalue weighted by Crippen LogP contribution is -2.33. The highest BCUT2D eigenvalue weighted by atomic mass is 16.1. The molecule has 0 unspecified atom stereocenters. The standard InChI is InChI=1S/C19H28N4O/c1-14-21-17(19(24)23-16-9-5-6-10-16)13-18(22-14)20-12-11-15-7-3-2-4-8-15/h7,13,16H,2-6,8-12H2,1H3,(H,23,24)(H,20,21,22). The van der Waals surface area contributed by atoms with Gasteiger partial charge in [0.05, 0.1) is 0 Å². The molecule has 24 heavy (non-hydrogen) atoms. The Labute approximate surface area is 144 Å². The van der Waals surface area contributed by atoms with Crippen LogP contribution in [-0.2, 0) is 0 Å². The molecule has 3 rings (SSSR count). The first-order chi connectivity index (χ1) is 11.7. The summed E-state index contributed by atoms with van der Waals surface area (Å²) in [4.78, 5) is 21.1. The lowest BCUT2D eigenvalue weighted by Gasteiger charge is -2.14. The predicted molar refractivity (Wildman–Crippen MR) is 96.1 cm³/mol. The van der Waals surface area contributed by atoms with Crippen LogP contribution in [0.15, 0.2) is 17.7 Å². The normalized spacial score (nSPS) is 18.3. The van der Waals surface area contributed by atoms with E-state index in [0.717, 1.165) is 31.6 Å². The minimum Gasteiger partial charge on any atom is -0.370 e. The maximum Gasteiger partial charge on any atom is 0.270 e. The predicted octanol–water partition coefficient (Wildman–Crippen LogP) is 3.76. The molecule has 1 fully saturated rings. The van der Waals surface area contributed by atoms with Crippen LogP contribution < -0.4 is 10.6 Å². The summed E-state index contributed by atoms with van der Waals surface area (Å²) in [6, 6.07) is 2.08. The van der Waals surface area contributed by atoms with Crippen molar-refractivity contribution in [3.63, 3.8) is 0 Å². The Kier molecular flexibility index (Phi) is 5.83. The van der Waals surface area contributed by atoms with Crippen LogP contribution in [0.2, 0.25) is 0 Å². The fourth-order valence-corrected chi connectivity index (χ4v) is 3.59. The number of anilines is 1. The Hall–Kier alpha value is -1.91. The number of carbonyl (C=O) groups is 1. The third-order valence-corrected chi connectivity index (χ3v) is 4.90. The van der Waals surface area contributed by atoms with Gasteiger partial charge < -0.3 is 10.6 Å². The largest absolute Gasteiger partial charge is 0.370 e. The van der Waals surface area contributed by atoms with Gasteiger partial charge in [-0.25, -0.2) is 9.97 Å². The summed E-state index contributed by atoms with van der Waals surface area (Å²) in [5, 5.41) is 6.44. The summed E-state index contributed by atoms with van der Waals surface area (Å²) in [6.45, 7) is 2.69. The van der Waals surface area contributed by atoms with E-state index in [4.69, 9.17) is 0 Å². The third-order valence-electron chi connectivity index (χ3n) is 4.90. The number of allylic oxidation sites excluding steroid dienone is 1. The molecular formula is C19H28N4O. The van der Waals surface area contributed by atoms with Crippen molar-refractivity contribution in [2.24, 2.45) is 0 Å². The van der Waals surface area contributed by atoms with Crippen molar-refractivity contribution in [1.29, 1.82) is 0 Å². The van der Waals surface area contributed by atoms with E-state index in [1.807, 2.05) is 6.92 Å². The van der Waals surface area contributed by atoms with Crippen molar-refractivity contribution < 1.29 is 4.79 Å². The zero-order valence-corrected chi connectivity index (χ0v) is 14.6. The molecule has 2 aliphatic carbocycles. The minimum absolute atomic E-state index is 0.0783. The second-order valence-corrected chi connectivity index (χ2v) is 6.93. The van der Waals surface area contributed by atoms with Crippen molar-refractivity contribution in [2.45, 2.75) is 70.8 Å². The first-order valence-electron chi connectivity index (χ1n) is 9.29. The molecule has 130 valence electrons. The van der Waals surface area contributed by atoms with Crippen LogP contribution in [0, 0.1) is 6.92 Å². The number of nitrogens with one attached hydrogen (secondary N) is 2. The van der Waals surface area contributed by atoms with Crippen LogP contribution in [0.3, 0.4) is 0 Å². The lowest BCUT2D eigenvalue weighted by atomic mass is 9.97. The number of aryl methyl sites for hydroxylation is 1. The molecule has 0 aliphatic heterocycles. The monoisotopic (exact) mass is 328 g/mol. The Morgan fingerprint density at radius 1 is 1.21 bits per heavy atom. The number of rotatable bonds is 6. The molecule has 2 N–H and O–H groups in total. The number of hydrogen-bond donors (Lipinski definition) is 2. The number of nitrogens with zero attached hydrogens (tertiary/aromatic N) is 2. The first kappa shape index (κ1) is 16.9. The summed E-state index contributed by atoms with van der Waals surface area (Å²) in [7, 11) is 0. The van der Waals surface area contributed by atoms with Gasteiger partial charge in [-0.15, -0.1) is 0 Å². The zero-order chi connectivity index (χ0) is 16.8. The maximum absolute atomic E-state index is 12.4. The van der Waals surface area contributed by atoms with Crippen molar-refractivity contribution >= 4 is 11.7 Å². The van der Waals surface area contributed by atoms with Gasteiger partial charge in [0.1, 0.15) is 17.3 Å². The molecule has 1 aromatic heterocycles. The molecule has 0 atom stereocenters. The van der Waals surface area contributed by atoms with Gasteiger partial charge in [0.25, 0.3) is 5.91 Å². The first-order valence-corrected chi connectivity index (χ1v) is 9.29. The highest BCUT2D eigenvalue weighted by Gasteiger charge is 2.19. The molecule has 0 aromatic carbocycles. The average Bonchev–Trinajstić information content (AvgIpc) is 3.08. The molecule has 0 bridgehead atoms. The van der Waals surface area contributed by atoms with Crippen LogP contribution >= 0.6 is 0 Å². The van der Waals surface area contributed by atoms with Gasteiger partial charge in [-0.05, 0) is 51.9 Å². The molecule has 0 saturated heterocycles. The molecule has 0 radical (unpaired) electrons. The van der Waals surface area contributed by atoms with E-state index >= 15 is 0 Å². The molecule has 5 heteroatoms. The van der Waals surface area contributed by atoms with Gasteiger partial charge >= 0.3 is 0 Å². The molecule has 0 spiro atoms. The summed E-state index contributed by atoms with van der Waals surface area (Å²) in [6.07, 6.45) is 13.1. The quantitative estimate of drug-likeness (QED) is 0.780. The van der Waals surface area contributed by atoms with E-state index in [-0.39, 0.29) is 5.91 Å². The van der Waals surface area contributed by atoms with Crippen LogP contribution in [0.4, 0.5) is 5.82 Å². The van der Waals surface area contributed by atoms with Crippen molar-refractivity contribution in [3.05, 3.63) is 29.2 Å². The summed E-state index contributed by atoms with van der Waals surface area (Å²) < 4.78 is 0. The van der Waals surface area contributed by atoms with E-state index in [1.165, 1.54) is 38.5 Å². The number of hydrogen-bond acceptors (Lipinski definition) is 4. The molecule has 1 aromatic rings. The highest BCUT2D eigenvalue weighted by molar-refractivity contribution is 5.93. The fraction of sp³-hybridized carbons (Fsp3) is 0.632. The number of carbonyl (C=O) groups excluding carboxylic acids is 1. The minimum atomic E-state index is -0.0783. The van der Waals surface area contributed by atoms with Crippen LogP contribution in [0.5, 0.6) is 0 Å². The van der Waals surface area contributed by atoms with Crippen molar-refractivity contribution in [3.8, 4) is 0 Å². The Balaban J connectivity index is 1.56. The van der Waals surface area contributed by atoms with Gasteiger partial charge in [0.15, 0.2) is 0 Å². The zero-order valence-electron chi connectivity index (χ0n) is 14.6. The Morgan fingerprint density at radius 2 is 2.04 bits per heavy atom. The molecule has 1 saturated carbocycles. The van der Waals surface area contributed by atoms with E-state index in [9.17, 15) is 4.79 Å². The van der Waals surface area contributed by atoms with E-state index < -0.39 is 0 Å². The summed E-state index contributed by atoms with van der Waals surface area (Å²) >= 11 is 0. The lowest BCUT2D eigenvalue weighted by molar-refractivity contribution is 0.0932. The molecule has 1 heterocycles. The third kappa shape index (κ3) is 4.79. The van der Waals surface area contributed by atoms with Crippen LogP contribution in [-0.4, -0.2) is 28.5 Å². The Bertz CT molecular complexity index is 605. The SMILES string of the molecule is Cc1nc(NCCC2=CCCCC2)cc(C(=O)NC2CCCC2)n1. The van der Waals surface area contributed by atoms with Gasteiger partial charge in [-0.3, -0.25) is 4.79 Å². The van der Waals surface area contributed by atoms with Crippen LogP contribution in [0.25, 0.3) is 0 Å². The van der Waals surface area contributed by atoms with E-state index in [2.05, 4.69) is 26.7 Å². The molecular weight excluding hydrogens is 300 g/mol. The molecule has 5 nitrogen and oxygen atoms in total. The number of aromatic nitrogens is 2. The Morgan fingerprint density at radius 3 is 2.79 bits per heavy atom. The smallest absolute Gasteiger partial charge is 0.270 e. The maximum atomic E-state index is 12.4. The van der Waals surface area contributed by atoms with Crippen molar-refractivity contribution in [2.75, 3.05) is 11.9 Å². The number of amides is 1. The van der Waals surface area contributed by atoms with E-state index in [1.54, 1.807) is 11.6 Å². The summed E-state index contributed by atoms with van der Waals surface area (Å²) in [5.41, 5.74) is 2.01.